The molecule has 0 spiro atoms. The Bertz CT molecular complexity index is 433. The fourth-order valence-electron chi connectivity index (χ4n) is 1.95. The van der Waals surface area contributed by atoms with Crippen molar-refractivity contribution in [1.29, 1.82) is 0 Å². The first-order valence-corrected chi connectivity index (χ1v) is 6.67. The number of rotatable bonds is 7. The van der Waals surface area contributed by atoms with Crippen LogP contribution in [0.1, 0.15) is 25.8 Å². The van der Waals surface area contributed by atoms with Crippen LogP contribution in [-0.2, 0) is 20.7 Å². The normalized spacial score (nSPS) is 13.3. The molecular formula is C15H21NO4. The van der Waals surface area contributed by atoms with E-state index in [9.17, 15) is 14.7 Å². The number of hydrogen-bond acceptors (Lipinski definition) is 4. The average molecular weight is 279 g/mol. The maximum Gasteiger partial charge on any atom is 0.308 e. The smallest absolute Gasteiger partial charge is 0.308 e. The summed E-state index contributed by atoms with van der Waals surface area (Å²) < 4.78 is 4.81. The molecule has 1 aromatic rings. The van der Waals surface area contributed by atoms with Crippen molar-refractivity contribution in [3.8, 4) is 0 Å². The SMILES string of the molecule is CCOC(=O)C[C@@H](O)[C@H](Cc1ccccc1)NC(C)=O. The summed E-state index contributed by atoms with van der Waals surface area (Å²) in [6, 6.07) is 8.97. The molecule has 5 heteroatoms. The Morgan fingerprint density at radius 2 is 1.95 bits per heavy atom. The van der Waals surface area contributed by atoms with Gasteiger partial charge in [-0.2, -0.15) is 0 Å². The van der Waals surface area contributed by atoms with Gasteiger partial charge in [0.1, 0.15) is 0 Å². The topological polar surface area (TPSA) is 75.6 Å². The fraction of sp³-hybridized carbons (Fsp3) is 0.467. The van der Waals surface area contributed by atoms with E-state index in [2.05, 4.69) is 5.32 Å². The van der Waals surface area contributed by atoms with Crippen molar-refractivity contribution < 1.29 is 19.4 Å². The molecule has 2 N–H and O–H groups in total. The minimum Gasteiger partial charge on any atom is -0.466 e. The van der Waals surface area contributed by atoms with E-state index in [1.165, 1.54) is 6.92 Å². The van der Waals surface area contributed by atoms with Gasteiger partial charge in [0.25, 0.3) is 0 Å². The lowest BCUT2D eigenvalue weighted by Crippen LogP contribution is -2.45. The monoisotopic (exact) mass is 279 g/mol. The summed E-state index contributed by atoms with van der Waals surface area (Å²) in [5.41, 5.74) is 0.981. The van der Waals surface area contributed by atoms with Gasteiger partial charge in [-0.25, -0.2) is 0 Å². The molecule has 5 nitrogen and oxygen atoms in total. The van der Waals surface area contributed by atoms with Gasteiger partial charge in [0, 0.05) is 6.92 Å². The molecule has 0 aliphatic rings. The van der Waals surface area contributed by atoms with Crippen molar-refractivity contribution in [1.82, 2.24) is 5.32 Å². The number of esters is 1. The molecule has 0 radical (unpaired) electrons. The van der Waals surface area contributed by atoms with Crippen molar-refractivity contribution in [2.45, 2.75) is 38.8 Å². The third kappa shape index (κ3) is 5.84. The Morgan fingerprint density at radius 1 is 1.30 bits per heavy atom. The lowest BCUT2D eigenvalue weighted by molar-refractivity contribution is -0.146. The number of aliphatic hydroxyl groups is 1. The van der Waals surface area contributed by atoms with Gasteiger partial charge >= 0.3 is 5.97 Å². The van der Waals surface area contributed by atoms with Crippen molar-refractivity contribution in [2.24, 2.45) is 0 Å². The van der Waals surface area contributed by atoms with E-state index >= 15 is 0 Å². The molecule has 0 aliphatic carbocycles. The van der Waals surface area contributed by atoms with Crippen LogP contribution in [0, 0.1) is 0 Å². The zero-order valence-corrected chi connectivity index (χ0v) is 11.8. The largest absolute Gasteiger partial charge is 0.466 e. The summed E-state index contributed by atoms with van der Waals surface area (Å²) in [5, 5.41) is 12.8. The molecule has 20 heavy (non-hydrogen) atoms. The minimum absolute atomic E-state index is 0.133. The van der Waals surface area contributed by atoms with Crippen LogP contribution in [0.4, 0.5) is 0 Å². The number of nitrogens with one attached hydrogen (secondary N) is 1. The number of aliphatic hydroxyl groups excluding tert-OH is 1. The van der Waals surface area contributed by atoms with Gasteiger partial charge in [-0.05, 0) is 18.9 Å². The van der Waals surface area contributed by atoms with Crippen molar-refractivity contribution in [2.75, 3.05) is 6.61 Å². The maximum absolute atomic E-state index is 11.4. The van der Waals surface area contributed by atoms with Crippen LogP contribution in [0.25, 0.3) is 0 Å². The number of ether oxygens (including phenoxy) is 1. The van der Waals surface area contributed by atoms with E-state index in [-0.39, 0.29) is 18.9 Å². The summed E-state index contributed by atoms with van der Waals surface area (Å²) in [5.74, 6) is -0.711. The molecule has 1 rings (SSSR count). The van der Waals surface area contributed by atoms with Gasteiger partial charge in [-0.3, -0.25) is 9.59 Å². The molecule has 0 saturated heterocycles. The van der Waals surface area contributed by atoms with Gasteiger partial charge < -0.3 is 15.2 Å². The van der Waals surface area contributed by atoms with Crippen LogP contribution >= 0.6 is 0 Å². The lowest BCUT2D eigenvalue weighted by Gasteiger charge is -2.23. The first-order chi connectivity index (χ1) is 9.52. The third-order valence-electron chi connectivity index (χ3n) is 2.83. The van der Waals surface area contributed by atoms with E-state index in [0.29, 0.717) is 6.42 Å². The molecule has 1 amide bonds. The van der Waals surface area contributed by atoms with Crippen molar-refractivity contribution in [3.63, 3.8) is 0 Å². The summed E-state index contributed by atoms with van der Waals surface area (Å²) >= 11 is 0. The maximum atomic E-state index is 11.4. The number of carbonyl (C=O) groups is 2. The Morgan fingerprint density at radius 3 is 2.50 bits per heavy atom. The predicted octanol–water partition coefficient (Wildman–Crippen LogP) is 1.05. The highest BCUT2D eigenvalue weighted by molar-refractivity contribution is 5.74. The highest BCUT2D eigenvalue weighted by Gasteiger charge is 2.23. The first-order valence-electron chi connectivity index (χ1n) is 6.67. The minimum atomic E-state index is -0.974. The summed E-state index contributed by atoms with van der Waals surface area (Å²) in [4.78, 5) is 22.6. The number of benzene rings is 1. The highest BCUT2D eigenvalue weighted by atomic mass is 16.5. The van der Waals surface area contributed by atoms with E-state index in [0.717, 1.165) is 5.56 Å². The van der Waals surface area contributed by atoms with E-state index in [4.69, 9.17) is 4.74 Å². The van der Waals surface area contributed by atoms with Gasteiger partial charge in [0.15, 0.2) is 0 Å². The second-order valence-corrected chi connectivity index (χ2v) is 4.57. The summed E-state index contributed by atoms with van der Waals surface area (Å²) in [6.45, 7) is 3.36. The number of amides is 1. The third-order valence-corrected chi connectivity index (χ3v) is 2.83. The molecule has 0 saturated carbocycles. The fourth-order valence-corrected chi connectivity index (χ4v) is 1.95. The van der Waals surface area contributed by atoms with Gasteiger partial charge in [0.2, 0.25) is 5.91 Å². The molecule has 0 bridgehead atoms. The van der Waals surface area contributed by atoms with Crippen LogP contribution in [0.3, 0.4) is 0 Å². The highest BCUT2D eigenvalue weighted by Crippen LogP contribution is 2.09. The summed E-state index contributed by atoms with van der Waals surface area (Å²) in [7, 11) is 0. The second-order valence-electron chi connectivity index (χ2n) is 4.57. The van der Waals surface area contributed by atoms with Crippen LogP contribution in [0.15, 0.2) is 30.3 Å². The quantitative estimate of drug-likeness (QED) is 0.731. The van der Waals surface area contributed by atoms with Crippen LogP contribution in [-0.4, -0.2) is 35.7 Å². The van der Waals surface area contributed by atoms with E-state index in [1.807, 2.05) is 30.3 Å². The molecule has 110 valence electrons. The standard InChI is InChI=1S/C15H21NO4/c1-3-20-15(19)10-14(18)13(16-11(2)17)9-12-7-5-4-6-8-12/h4-8,13-14,18H,3,9-10H2,1-2H3,(H,16,17)/t13-,14+/m0/s1. The van der Waals surface area contributed by atoms with Crippen LogP contribution < -0.4 is 5.32 Å². The summed E-state index contributed by atoms with van der Waals surface area (Å²) in [6.07, 6.45) is -0.648. The van der Waals surface area contributed by atoms with Crippen molar-refractivity contribution in [3.05, 3.63) is 35.9 Å². The van der Waals surface area contributed by atoms with E-state index in [1.54, 1.807) is 6.92 Å². The molecule has 0 aromatic heterocycles. The number of hydrogen-bond donors (Lipinski definition) is 2. The molecule has 0 aliphatic heterocycles. The molecular weight excluding hydrogens is 258 g/mol. The Balaban J connectivity index is 2.68. The predicted molar refractivity (Wildman–Crippen MR) is 75.0 cm³/mol. The second kappa shape index (κ2) is 8.32. The van der Waals surface area contributed by atoms with Gasteiger partial charge in [0.05, 0.1) is 25.2 Å². The zero-order valence-electron chi connectivity index (χ0n) is 11.8. The van der Waals surface area contributed by atoms with E-state index < -0.39 is 18.1 Å². The van der Waals surface area contributed by atoms with Crippen LogP contribution in [0.2, 0.25) is 0 Å². The lowest BCUT2D eigenvalue weighted by atomic mass is 9.99. The first kappa shape index (κ1) is 16.2. The van der Waals surface area contributed by atoms with Gasteiger partial charge in [-0.1, -0.05) is 30.3 Å². The molecule has 0 unspecified atom stereocenters. The molecule has 0 heterocycles. The molecule has 2 atom stereocenters. The Kier molecular flexibility index (Phi) is 6.73. The zero-order chi connectivity index (χ0) is 15.0. The van der Waals surface area contributed by atoms with Gasteiger partial charge in [-0.15, -0.1) is 0 Å². The Hall–Kier alpha value is -1.88. The number of carbonyl (C=O) groups excluding carboxylic acids is 2. The van der Waals surface area contributed by atoms with Crippen LogP contribution in [0.5, 0.6) is 0 Å². The molecule has 1 aromatic carbocycles. The average Bonchev–Trinajstić information content (AvgIpc) is 2.38. The Labute approximate surface area is 118 Å². The molecule has 0 fully saturated rings. The van der Waals surface area contributed by atoms with Crippen molar-refractivity contribution >= 4 is 11.9 Å².